The molecule has 2 aliphatic heterocycles. The van der Waals surface area contributed by atoms with Crippen LogP contribution in [0.3, 0.4) is 0 Å². The second-order valence-electron chi connectivity index (χ2n) is 8.70. The van der Waals surface area contributed by atoms with E-state index in [1.54, 1.807) is 0 Å². The minimum absolute atomic E-state index is 0.0122. The van der Waals surface area contributed by atoms with Crippen molar-refractivity contribution in [2.24, 2.45) is 0 Å². The Kier molecular flexibility index (Phi) is 5.52. The average molecular weight is 384 g/mol. The number of benzene rings is 1. The van der Waals surface area contributed by atoms with Crippen LogP contribution in [-0.4, -0.2) is 29.8 Å². The molecule has 7 heteroatoms. The van der Waals surface area contributed by atoms with Gasteiger partial charge in [0, 0.05) is 29.9 Å². The third-order valence-corrected chi connectivity index (χ3v) is 4.91. The molecule has 0 radical (unpaired) electrons. The molecule has 1 aromatic carbocycles. The number of hydrogen-bond donors (Lipinski definition) is 3. The summed E-state index contributed by atoms with van der Waals surface area (Å²) in [6.45, 7) is 9.17. The molecule has 1 saturated heterocycles. The van der Waals surface area contributed by atoms with Gasteiger partial charge in [-0.05, 0) is 58.2 Å². The van der Waals surface area contributed by atoms with Gasteiger partial charge >= 0.3 is 0 Å². The molecular formula is C21H28N4O3. The van der Waals surface area contributed by atoms with Crippen LogP contribution in [0.2, 0.25) is 0 Å². The summed E-state index contributed by atoms with van der Waals surface area (Å²) in [4.78, 5) is 12.4. The average Bonchev–Trinajstić information content (AvgIpc) is 3.05. The first-order valence-electron chi connectivity index (χ1n) is 9.50. The van der Waals surface area contributed by atoms with Crippen LogP contribution in [0, 0.1) is 11.3 Å². The maximum Gasteiger partial charge on any atom is 0.263 e. The fraction of sp³-hybridized carbons (Fsp3) is 0.524. The molecule has 3 N–H and O–H groups in total. The van der Waals surface area contributed by atoms with E-state index in [1.807, 2.05) is 24.3 Å². The van der Waals surface area contributed by atoms with Crippen LogP contribution < -0.4 is 25.4 Å². The molecule has 7 nitrogen and oxygen atoms in total. The van der Waals surface area contributed by atoms with Gasteiger partial charge in [0.05, 0.1) is 0 Å². The first-order valence-corrected chi connectivity index (χ1v) is 9.50. The second kappa shape index (κ2) is 7.72. The van der Waals surface area contributed by atoms with Gasteiger partial charge in [0.2, 0.25) is 6.79 Å². The number of ether oxygens (including phenoxy) is 2. The van der Waals surface area contributed by atoms with Crippen LogP contribution in [0.4, 0.5) is 0 Å². The summed E-state index contributed by atoms with van der Waals surface area (Å²) in [6.07, 6.45) is 3.35. The fourth-order valence-corrected chi connectivity index (χ4v) is 4.12. The Balaban J connectivity index is 1.58. The zero-order chi connectivity index (χ0) is 20.4. The third-order valence-electron chi connectivity index (χ3n) is 4.91. The number of amides is 1. The zero-order valence-electron chi connectivity index (χ0n) is 16.9. The third kappa shape index (κ3) is 4.96. The number of nitrogens with one attached hydrogen (secondary N) is 3. The maximum atomic E-state index is 12.4. The summed E-state index contributed by atoms with van der Waals surface area (Å²) in [6, 6.07) is 7.68. The van der Waals surface area contributed by atoms with Crippen LogP contribution in [0.25, 0.3) is 0 Å². The van der Waals surface area contributed by atoms with Gasteiger partial charge in [-0.25, -0.2) is 0 Å². The van der Waals surface area contributed by atoms with Gasteiger partial charge in [0.25, 0.3) is 5.91 Å². The van der Waals surface area contributed by atoms with Crippen LogP contribution in [-0.2, 0) is 11.3 Å². The summed E-state index contributed by atoms with van der Waals surface area (Å²) in [5.74, 6) is 0.963. The molecule has 0 saturated carbocycles. The lowest BCUT2D eigenvalue weighted by Crippen LogP contribution is -2.61. The van der Waals surface area contributed by atoms with E-state index in [1.165, 1.54) is 6.20 Å². The first-order chi connectivity index (χ1) is 13.2. The Hall–Kier alpha value is -2.72. The molecule has 1 fully saturated rings. The summed E-state index contributed by atoms with van der Waals surface area (Å²) in [5, 5.41) is 19.1. The predicted molar refractivity (Wildman–Crippen MR) is 106 cm³/mol. The number of nitrogens with zero attached hydrogens (tertiary/aromatic N) is 1. The topological polar surface area (TPSA) is 95.4 Å². The van der Waals surface area contributed by atoms with Crippen molar-refractivity contribution in [3.8, 4) is 17.6 Å². The molecule has 0 aromatic heterocycles. The van der Waals surface area contributed by atoms with E-state index < -0.39 is 5.91 Å². The highest BCUT2D eigenvalue weighted by molar-refractivity contribution is 5.97. The zero-order valence-corrected chi connectivity index (χ0v) is 16.9. The van der Waals surface area contributed by atoms with Crippen LogP contribution in [0.15, 0.2) is 30.0 Å². The van der Waals surface area contributed by atoms with E-state index in [4.69, 9.17) is 9.47 Å². The van der Waals surface area contributed by atoms with Crippen molar-refractivity contribution in [1.29, 1.82) is 5.26 Å². The maximum absolute atomic E-state index is 12.4. The van der Waals surface area contributed by atoms with Gasteiger partial charge in [-0.1, -0.05) is 6.07 Å². The van der Waals surface area contributed by atoms with Crippen molar-refractivity contribution in [2.45, 2.75) is 64.2 Å². The summed E-state index contributed by atoms with van der Waals surface area (Å²) in [5.41, 5.74) is 0.920. The molecule has 2 aliphatic rings. The normalized spacial score (nSPS) is 20.3. The van der Waals surface area contributed by atoms with Gasteiger partial charge in [0.15, 0.2) is 11.5 Å². The van der Waals surface area contributed by atoms with Crippen molar-refractivity contribution < 1.29 is 14.3 Å². The molecule has 2 heterocycles. The van der Waals surface area contributed by atoms with Gasteiger partial charge < -0.3 is 25.4 Å². The Morgan fingerprint density at radius 3 is 2.61 bits per heavy atom. The van der Waals surface area contributed by atoms with Crippen molar-refractivity contribution in [3.63, 3.8) is 0 Å². The van der Waals surface area contributed by atoms with E-state index >= 15 is 0 Å². The highest BCUT2D eigenvalue weighted by Gasteiger charge is 2.37. The van der Waals surface area contributed by atoms with Crippen LogP contribution in [0.5, 0.6) is 11.5 Å². The predicted octanol–water partition coefficient (Wildman–Crippen LogP) is 2.34. The molecule has 0 spiro atoms. The lowest BCUT2D eigenvalue weighted by molar-refractivity contribution is -0.117. The Morgan fingerprint density at radius 1 is 1.25 bits per heavy atom. The number of rotatable bonds is 5. The molecule has 0 aliphatic carbocycles. The lowest BCUT2D eigenvalue weighted by Gasteiger charge is -2.46. The quantitative estimate of drug-likeness (QED) is 0.533. The highest BCUT2D eigenvalue weighted by atomic mass is 16.7. The largest absolute Gasteiger partial charge is 0.454 e. The molecule has 150 valence electrons. The number of fused-ring (bicyclic) bond motifs is 1. The standard InChI is InChI=1S/C21H28N4O3/c1-20(2)8-16(9-21(3,4)25-20)23-12-15(10-22)19(26)24-11-14-5-6-17-18(7-14)28-13-27-17/h5-7,12,16,23,25H,8-9,11,13H2,1-4H3,(H,24,26)/b15-12-. The van der Waals surface area contributed by atoms with Crippen LogP contribution >= 0.6 is 0 Å². The summed E-state index contributed by atoms with van der Waals surface area (Å²) < 4.78 is 10.6. The monoisotopic (exact) mass is 384 g/mol. The van der Waals surface area contributed by atoms with E-state index in [-0.39, 0.29) is 29.5 Å². The Morgan fingerprint density at radius 2 is 1.93 bits per heavy atom. The Bertz CT molecular complexity index is 807. The first kappa shape index (κ1) is 20.0. The smallest absolute Gasteiger partial charge is 0.263 e. The molecule has 0 unspecified atom stereocenters. The number of hydrogen-bond acceptors (Lipinski definition) is 6. The van der Waals surface area contributed by atoms with Gasteiger partial charge in [-0.15, -0.1) is 0 Å². The number of nitriles is 1. The molecule has 3 rings (SSSR count). The fourth-order valence-electron chi connectivity index (χ4n) is 4.12. The molecule has 0 bridgehead atoms. The van der Waals surface area contributed by atoms with Crippen molar-refractivity contribution in [3.05, 3.63) is 35.5 Å². The Labute approximate surface area is 166 Å². The highest BCUT2D eigenvalue weighted by Crippen LogP contribution is 2.32. The van der Waals surface area contributed by atoms with E-state index in [9.17, 15) is 10.1 Å². The van der Waals surface area contributed by atoms with E-state index in [2.05, 4.69) is 43.6 Å². The van der Waals surface area contributed by atoms with Crippen molar-refractivity contribution in [1.82, 2.24) is 16.0 Å². The summed E-state index contributed by atoms with van der Waals surface area (Å²) in [7, 11) is 0. The lowest BCUT2D eigenvalue weighted by atomic mass is 9.80. The molecule has 1 amide bonds. The van der Waals surface area contributed by atoms with Gasteiger partial charge in [-0.3, -0.25) is 4.79 Å². The summed E-state index contributed by atoms with van der Waals surface area (Å²) >= 11 is 0. The molecule has 1 aromatic rings. The number of piperidine rings is 1. The molecule has 28 heavy (non-hydrogen) atoms. The van der Waals surface area contributed by atoms with Crippen molar-refractivity contribution >= 4 is 5.91 Å². The van der Waals surface area contributed by atoms with Crippen molar-refractivity contribution in [2.75, 3.05) is 6.79 Å². The minimum Gasteiger partial charge on any atom is -0.454 e. The van der Waals surface area contributed by atoms with Gasteiger partial charge in [-0.2, -0.15) is 5.26 Å². The molecule has 0 atom stereocenters. The number of carbonyl (C=O) groups is 1. The minimum atomic E-state index is -0.403. The van der Waals surface area contributed by atoms with E-state index in [0.717, 1.165) is 18.4 Å². The number of carbonyl (C=O) groups excluding carboxylic acids is 1. The van der Waals surface area contributed by atoms with Crippen LogP contribution in [0.1, 0.15) is 46.1 Å². The van der Waals surface area contributed by atoms with E-state index in [0.29, 0.717) is 18.0 Å². The van der Waals surface area contributed by atoms with Gasteiger partial charge in [0.1, 0.15) is 11.6 Å². The molecular weight excluding hydrogens is 356 g/mol. The second-order valence-corrected chi connectivity index (χ2v) is 8.70. The SMILES string of the molecule is CC1(C)CC(N/C=C(/C#N)C(=O)NCc2ccc3c(c2)OCO3)CC(C)(C)N1.